The van der Waals surface area contributed by atoms with Crippen LogP contribution >= 0.6 is 0 Å². The first-order valence-corrected chi connectivity index (χ1v) is 11.1. The number of aromatic hydroxyl groups is 1. The molecule has 2 unspecified atom stereocenters. The lowest BCUT2D eigenvalue weighted by Gasteiger charge is -2.08. The van der Waals surface area contributed by atoms with Crippen molar-refractivity contribution in [1.29, 1.82) is 0 Å². The van der Waals surface area contributed by atoms with Gasteiger partial charge in [-0.2, -0.15) is 5.48 Å². The fourth-order valence-electron chi connectivity index (χ4n) is 2.47. The zero-order valence-corrected chi connectivity index (χ0v) is 18.9. The van der Waals surface area contributed by atoms with Gasteiger partial charge in [0, 0.05) is 17.5 Å². The van der Waals surface area contributed by atoms with E-state index in [-0.39, 0.29) is 21.2 Å². The van der Waals surface area contributed by atoms with Gasteiger partial charge in [0.1, 0.15) is 5.75 Å². The molecule has 0 radical (unpaired) electrons. The summed E-state index contributed by atoms with van der Waals surface area (Å²) in [6.07, 6.45) is 0. The molecule has 10 nitrogen and oxygen atoms in total. The van der Waals surface area contributed by atoms with Crippen LogP contribution in [0.4, 0.5) is 22.7 Å². The van der Waals surface area contributed by atoms with Crippen molar-refractivity contribution < 1.29 is 32.9 Å². The first-order valence-electron chi connectivity index (χ1n) is 8.93. The van der Waals surface area contributed by atoms with Crippen molar-refractivity contribution in [2.24, 2.45) is 0 Å². The molecule has 3 aromatic rings. The maximum atomic E-state index is 10.9. The predicted octanol–water partition coefficient (Wildman–Crippen LogP) is 1.92. The van der Waals surface area contributed by atoms with E-state index in [0.29, 0.717) is 27.8 Å². The van der Waals surface area contributed by atoms with E-state index >= 15 is 0 Å². The Balaban J connectivity index is 0.000000293. The summed E-state index contributed by atoms with van der Waals surface area (Å²) in [6, 6.07) is 10.7. The molecule has 11 N–H and O–H groups in total. The number of phenolic OH excluding ortho intramolecular Hbond substituents is 1. The van der Waals surface area contributed by atoms with Gasteiger partial charge in [0.25, 0.3) is 0 Å². The van der Waals surface area contributed by atoms with E-state index in [9.17, 15) is 13.5 Å². The molecule has 0 saturated carbocycles. The molecule has 0 saturated heterocycles. The number of benzene rings is 3. The van der Waals surface area contributed by atoms with Crippen molar-refractivity contribution in [2.75, 3.05) is 24.3 Å². The molecule has 0 amide bonds. The lowest BCUT2D eigenvalue weighted by molar-refractivity contribution is -0.830. The summed E-state index contributed by atoms with van der Waals surface area (Å²) in [5.74, 6) is -0.153. The van der Waals surface area contributed by atoms with Crippen LogP contribution in [0, 0.1) is 0 Å². The number of anilines is 3. The molecule has 170 valence electrons. The Morgan fingerprint density at radius 2 is 1.52 bits per heavy atom. The van der Waals surface area contributed by atoms with Gasteiger partial charge in [0.05, 0.1) is 34.0 Å². The number of hydrogen-bond donors (Lipinski definition) is 7. The molecule has 0 bridgehead atoms. The van der Waals surface area contributed by atoms with Crippen LogP contribution in [-0.2, 0) is 27.0 Å². The van der Waals surface area contributed by atoms with Crippen LogP contribution in [0.1, 0.15) is 13.8 Å². The van der Waals surface area contributed by atoms with Crippen molar-refractivity contribution in [1.82, 2.24) is 0 Å². The Kier molecular flexibility index (Phi) is 10.3. The molecule has 12 heteroatoms. The summed E-state index contributed by atoms with van der Waals surface area (Å²) in [5, 5.41) is 10.7. The minimum absolute atomic E-state index is 0.120. The molecule has 0 heterocycles. The number of rotatable bonds is 4. The molecular formula is C19H27N4O6S2+. The maximum absolute atomic E-state index is 10.9. The van der Waals surface area contributed by atoms with Crippen molar-refractivity contribution in [3.05, 3.63) is 42.5 Å². The third-order valence-corrected chi connectivity index (χ3v) is 5.19. The van der Waals surface area contributed by atoms with Crippen molar-refractivity contribution >= 4 is 55.7 Å². The second-order valence-corrected chi connectivity index (χ2v) is 7.67. The van der Waals surface area contributed by atoms with Crippen LogP contribution in [0.15, 0.2) is 52.3 Å². The number of nitrogen functional groups attached to an aromatic ring is 3. The van der Waals surface area contributed by atoms with Gasteiger partial charge in [0.2, 0.25) is 0 Å². The number of hydrogen-bond acceptors (Lipinski definition) is 7. The van der Waals surface area contributed by atoms with E-state index in [1.807, 2.05) is 13.8 Å². The van der Waals surface area contributed by atoms with E-state index < -0.39 is 22.2 Å². The molecule has 0 aliphatic rings. The Hall–Kier alpha value is -2.74. The molecule has 0 aromatic heterocycles. The average molecular weight is 472 g/mol. The first-order chi connectivity index (χ1) is 14.6. The van der Waals surface area contributed by atoms with Crippen LogP contribution < -0.4 is 22.7 Å². The van der Waals surface area contributed by atoms with Gasteiger partial charge < -0.3 is 31.4 Å². The summed E-state index contributed by atoms with van der Waals surface area (Å²) < 4.78 is 39.4. The van der Waals surface area contributed by atoms with Gasteiger partial charge in [-0.25, -0.2) is 13.3 Å². The standard InChI is InChI=1S/C10H10N2O3S.C7H10N2O3S.C2H6/c11-7-2-1-5-3-6(16(14)15)4-8(13)9(5)10(7)12;1-12-9-5-2-3-6(8)7(4-5)13(10)11;1-2/h1-4,13H,11-12H2,(H,14,15);2-4,9H,8H2,1H3,(H,10,11);1-2H3/p+1. The van der Waals surface area contributed by atoms with Gasteiger partial charge >= 0.3 is 0 Å². The van der Waals surface area contributed by atoms with Crippen molar-refractivity contribution in [3.8, 4) is 5.75 Å². The van der Waals surface area contributed by atoms with E-state index in [0.717, 1.165) is 0 Å². The summed E-state index contributed by atoms with van der Waals surface area (Å²) >= 11 is -4.19. The number of quaternary nitrogens is 1. The fraction of sp³-hybridized carbons (Fsp3) is 0.158. The first kappa shape index (κ1) is 26.3. The third-order valence-electron chi connectivity index (χ3n) is 3.83. The van der Waals surface area contributed by atoms with Crippen LogP contribution in [0.2, 0.25) is 0 Å². The van der Waals surface area contributed by atoms with Gasteiger partial charge in [-0.3, -0.25) is 0 Å². The van der Waals surface area contributed by atoms with Gasteiger partial charge in [-0.15, -0.1) is 0 Å². The number of fused-ring (bicyclic) bond motifs is 1. The third kappa shape index (κ3) is 6.89. The topological polar surface area (TPSA) is 199 Å². The van der Waals surface area contributed by atoms with E-state index in [1.54, 1.807) is 24.3 Å². The molecular weight excluding hydrogens is 444 g/mol. The molecule has 3 rings (SSSR count). The Morgan fingerprint density at radius 3 is 2.06 bits per heavy atom. The van der Waals surface area contributed by atoms with Gasteiger partial charge in [-0.1, -0.05) is 19.9 Å². The van der Waals surface area contributed by atoms with Crippen LogP contribution in [0.3, 0.4) is 0 Å². The second kappa shape index (κ2) is 12.2. The molecule has 0 aliphatic carbocycles. The molecule has 0 spiro atoms. The summed E-state index contributed by atoms with van der Waals surface area (Å²) in [5.41, 5.74) is 19.9. The lowest BCUT2D eigenvalue weighted by Crippen LogP contribution is -2.75. The normalized spacial score (nSPS) is 12.2. The monoisotopic (exact) mass is 471 g/mol. The second-order valence-electron chi connectivity index (χ2n) is 5.76. The van der Waals surface area contributed by atoms with Crippen LogP contribution in [0.5, 0.6) is 5.75 Å². The van der Waals surface area contributed by atoms with Crippen molar-refractivity contribution in [3.63, 3.8) is 0 Å². The highest BCUT2D eigenvalue weighted by Gasteiger charge is 2.11. The van der Waals surface area contributed by atoms with E-state index in [2.05, 4.69) is 0 Å². The minimum Gasteiger partial charge on any atom is -0.507 e. The predicted molar refractivity (Wildman–Crippen MR) is 123 cm³/mol. The Labute approximate surface area is 184 Å². The Bertz CT molecular complexity index is 1090. The molecule has 2 atom stereocenters. The zero-order chi connectivity index (χ0) is 23.7. The van der Waals surface area contributed by atoms with Crippen molar-refractivity contribution in [2.45, 2.75) is 23.6 Å². The Morgan fingerprint density at radius 1 is 0.903 bits per heavy atom. The van der Waals surface area contributed by atoms with Crippen LogP contribution in [-0.4, -0.2) is 29.7 Å². The molecule has 31 heavy (non-hydrogen) atoms. The van der Waals surface area contributed by atoms with E-state index in [1.165, 1.54) is 30.8 Å². The summed E-state index contributed by atoms with van der Waals surface area (Å²) in [6.45, 7) is 4.00. The number of phenols is 1. The maximum Gasteiger partial charge on any atom is 0.188 e. The lowest BCUT2D eigenvalue weighted by atomic mass is 10.1. The summed E-state index contributed by atoms with van der Waals surface area (Å²) in [7, 11) is 1.51. The fourth-order valence-corrected chi connectivity index (χ4v) is 3.42. The smallest absolute Gasteiger partial charge is 0.188 e. The minimum atomic E-state index is -2.14. The van der Waals surface area contributed by atoms with E-state index in [4.69, 9.17) is 31.1 Å². The number of nitrogens with two attached hydrogens (primary N) is 4. The molecule has 0 fully saturated rings. The largest absolute Gasteiger partial charge is 0.507 e. The highest BCUT2D eigenvalue weighted by atomic mass is 32.2. The highest BCUT2D eigenvalue weighted by Crippen LogP contribution is 2.35. The zero-order valence-electron chi connectivity index (χ0n) is 17.2. The molecule has 3 aromatic carbocycles. The average Bonchev–Trinajstić information content (AvgIpc) is 2.73. The quantitative estimate of drug-likeness (QED) is 0.169. The summed E-state index contributed by atoms with van der Waals surface area (Å²) in [4.78, 5) is 5.08. The molecule has 0 aliphatic heterocycles. The van der Waals surface area contributed by atoms with Gasteiger partial charge in [0.15, 0.2) is 27.8 Å². The van der Waals surface area contributed by atoms with Gasteiger partial charge in [-0.05, 0) is 29.7 Å². The highest BCUT2D eigenvalue weighted by molar-refractivity contribution is 7.79. The van der Waals surface area contributed by atoms with Crippen LogP contribution in [0.25, 0.3) is 10.8 Å². The SMILES string of the molecule is CC.CO[NH2+]c1ccc(N)c(S(=O)O)c1.Nc1ccc2cc(S(=O)O)cc(O)c2c1N.